The Labute approximate surface area is 196 Å². The Morgan fingerprint density at radius 2 is 1.42 bits per heavy atom. The molecule has 4 heteroatoms. The van der Waals surface area contributed by atoms with Gasteiger partial charge in [0.2, 0.25) is 0 Å². The lowest BCUT2D eigenvalue weighted by atomic mass is 9.97. The minimum Gasteiger partial charge on any atom is -0.362 e. The molecule has 0 spiro atoms. The molecular weight excluding hydrogens is 408 g/mol. The lowest BCUT2D eigenvalue weighted by Gasteiger charge is -2.25. The molecule has 168 valence electrons. The number of hydrogen-bond donors (Lipinski definition) is 0. The highest BCUT2D eigenvalue weighted by atomic mass is 16.2. The number of benzene rings is 3. The van der Waals surface area contributed by atoms with E-state index in [1.807, 2.05) is 100 Å². The lowest BCUT2D eigenvalue weighted by molar-refractivity contribution is -0.120. The van der Waals surface area contributed by atoms with E-state index < -0.39 is 0 Å². The van der Waals surface area contributed by atoms with Gasteiger partial charge in [0.1, 0.15) is 5.70 Å². The molecule has 0 unspecified atom stereocenters. The number of hydrogen-bond acceptors (Lipinski definition) is 3. The summed E-state index contributed by atoms with van der Waals surface area (Å²) in [4.78, 5) is 31.1. The molecule has 0 radical (unpaired) electrons. The monoisotopic (exact) mass is 438 g/mol. The van der Waals surface area contributed by atoms with Crippen LogP contribution in [0.4, 0.5) is 5.69 Å². The summed E-state index contributed by atoms with van der Waals surface area (Å²) in [5, 5.41) is 0. The first-order valence-corrected chi connectivity index (χ1v) is 11.4. The standard InChI is InChI=1S/C29H30N2O2/c1-6-30(18-23-10-8-7-9-11-23)27-26(25-13-12-19(2)15-22(25)5)28(32)31(29(27)33)24-16-20(3)14-21(4)17-24/h7-17H,6,18H2,1-5H3. The highest BCUT2D eigenvalue weighted by Gasteiger charge is 2.42. The second-order valence-corrected chi connectivity index (χ2v) is 8.83. The Bertz CT molecular complexity index is 1240. The van der Waals surface area contributed by atoms with Gasteiger partial charge in [-0.3, -0.25) is 9.59 Å². The zero-order valence-electron chi connectivity index (χ0n) is 20.0. The minimum atomic E-state index is -0.266. The second-order valence-electron chi connectivity index (χ2n) is 8.83. The Balaban J connectivity index is 1.88. The van der Waals surface area contributed by atoms with Crippen molar-refractivity contribution in [2.75, 3.05) is 11.4 Å². The predicted molar refractivity (Wildman–Crippen MR) is 134 cm³/mol. The second kappa shape index (κ2) is 9.07. The molecular formula is C29H30N2O2. The molecule has 3 aromatic rings. The van der Waals surface area contributed by atoms with Crippen molar-refractivity contribution in [3.05, 3.63) is 106 Å². The van der Waals surface area contributed by atoms with Gasteiger partial charge in [-0.1, -0.05) is 60.2 Å². The number of imide groups is 1. The van der Waals surface area contributed by atoms with Crippen LogP contribution in [-0.2, 0) is 16.1 Å². The zero-order valence-corrected chi connectivity index (χ0v) is 20.0. The summed E-state index contributed by atoms with van der Waals surface area (Å²) < 4.78 is 0. The molecule has 1 aliphatic heterocycles. The van der Waals surface area contributed by atoms with Gasteiger partial charge in [0.25, 0.3) is 11.8 Å². The molecule has 33 heavy (non-hydrogen) atoms. The van der Waals surface area contributed by atoms with Gasteiger partial charge in [-0.25, -0.2) is 4.90 Å². The van der Waals surface area contributed by atoms with E-state index in [-0.39, 0.29) is 11.8 Å². The third-order valence-electron chi connectivity index (χ3n) is 6.09. The van der Waals surface area contributed by atoms with Crippen LogP contribution in [0, 0.1) is 27.7 Å². The van der Waals surface area contributed by atoms with Crippen LogP contribution in [0.1, 0.15) is 40.3 Å². The van der Waals surface area contributed by atoms with Crippen LogP contribution in [-0.4, -0.2) is 23.3 Å². The molecule has 0 saturated carbocycles. The van der Waals surface area contributed by atoms with Crippen LogP contribution in [0.25, 0.3) is 5.57 Å². The smallest absolute Gasteiger partial charge is 0.282 e. The van der Waals surface area contributed by atoms with Crippen molar-refractivity contribution >= 4 is 23.1 Å². The van der Waals surface area contributed by atoms with E-state index in [4.69, 9.17) is 0 Å². The fourth-order valence-electron chi connectivity index (χ4n) is 4.62. The number of likely N-dealkylation sites (N-methyl/N-ethyl adjacent to an activating group) is 1. The molecule has 0 atom stereocenters. The topological polar surface area (TPSA) is 40.6 Å². The fraction of sp³-hybridized carbons (Fsp3) is 0.241. The number of anilines is 1. The van der Waals surface area contributed by atoms with Gasteiger partial charge in [-0.2, -0.15) is 0 Å². The van der Waals surface area contributed by atoms with Crippen LogP contribution in [0.5, 0.6) is 0 Å². The fourth-order valence-corrected chi connectivity index (χ4v) is 4.62. The summed E-state index contributed by atoms with van der Waals surface area (Å²) in [6.07, 6.45) is 0. The first kappa shape index (κ1) is 22.5. The Morgan fingerprint density at radius 1 is 0.758 bits per heavy atom. The van der Waals surface area contributed by atoms with Crippen molar-refractivity contribution in [2.45, 2.75) is 41.2 Å². The molecule has 0 aromatic heterocycles. The Kier molecular flexibility index (Phi) is 6.19. The molecule has 0 aliphatic carbocycles. The number of amides is 2. The molecule has 0 saturated heterocycles. The third-order valence-corrected chi connectivity index (χ3v) is 6.09. The first-order valence-electron chi connectivity index (χ1n) is 11.4. The average Bonchev–Trinajstić information content (AvgIpc) is 3.02. The highest BCUT2D eigenvalue weighted by molar-refractivity contribution is 6.45. The molecule has 2 amide bonds. The van der Waals surface area contributed by atoms with Crippen LogP contribution < -0.4 is 4.90 Å². The van der Waals surface area contributed by atoms with E-state index in [9.17, 15) is 9.59 Å². The van der Waals surface area contributed by atoms with E-state index in [2.05, 4.69) is 6.07 Å². The lowest BCUT2D eigenvalue weighted by Crippen LogP contribution is -2.35. The summed E-state index contributed by atoms with van der Waals surface area (Å²) in [6, 6.07) is 21.9. The summed E-state index contributed by atoms with van der Waals surface area (Å²) in [7, 11) is 0. The van der Waals surface area contributed by atoms with Crippen LogP contribution >= 0.6 is 0 Å². The van der Waals surface area contributed by atoms with Crippen LogP contribution in [0.2, 0.25) is 0 Å². The minimum absolute atomic E-state index is 0.265. The maximum atomic E-state index is 13.9. The molecule has 0 N–H and O–H groups in total. The quantitative estimate of drug-likeness (QED) is 0.462. The van der Waals surface area contributed by atoms with E-state index in [0.717, 1.165) is 33.4 Å². The summed E-state index contributed by atoms with van der Waals surface area (Å²) in [6.45, 7) is 11.2. The van der Waals surface area contributed by atoms with E-state index in [0.29, 0.717) is 30.0 Å². The zero-order chi connectivity index (χ0) is 23.7. The SMILES string of the molecule is CCN(Cc1ccccc1)C1=C(c2ccc(C)cc2C)C(=O)N(c2cc(C)cc(C)c2)C1=O. The van der Waals surface area contributed by atoms with Crippen LogP contribution in [0.15, 0.2) is 72.4 Å². The van der Waals surface area contributed by atoms with Gasteiger partial charge in [0, 0.05) is 13.1 Å². The van der Waals surface area contributed by atoms with Crippen molar-refractivity contribution in [3.63, 3.8) is 0 Å². The molecule has 1 aliphatic rings. The molecule has 3 aromatic carbocycles. The summed E-state index contributed by atoms with van der Waals surface area (Å²) >= 11 is 0. The predicted octanol–water partition coefficient (Wildman–Crippen LogP) is 5.73. The number of nitrogens with zero attached hydrogens (tertiary/aromatic N) is 2. The third kappa shape index (κ3) is 4.34. The van der Waals surface area contributed by atoms with Crippen LogP contribution in [0.3, 0.4) is 0 Å². The van der Waals surface area contributed by atoms with Crippen molar-refractivity contribution in [1.29, 1.82) is 0 Å². The first-order chi connectivity index (χ1) is 15.8. The number of carbonyl (C=O) groups excluding carboxylic acids is 2. The van der Waals surface area contributed by atoms with Crippen molar-refractivity contribution in [1.82, 2.24) is 4.90 Å². The number of rotatable bonds is 6. The number of aryl methyl sites for hydroxylation is 4. The highest BCUT2D eigenvalue weighted by Crippen LogP contribution is 2.37. The Morgan fingerprint density at radius 3 is 2.03 bits per heavy atom. The molecule has 0 fully saturated rings. The van der Waals surface area contributed by atoms with Gasteiger partial charge in [0.05, 0.1) is 11.3 Å². The Hall–Kier alpha value is -3.66. The van der Waals surface area contributed by atoms with E-state index >= 15 is 0 Å². The van der Waals surface area contributed by atoms with Gasteiger partial charge in [-0.15, -0.1) is 0 Å². The maximum absolute atomic E-state index is 13.9. The van der Waals surface area contributed by atoms with E-state index in [1.54, 1.807) is 0 Å². The maximum Gasteiger partial charge on any atom is 0.282 e. The van der Waals surface area contributed by atoms with Gasteiger partial charge < -0.3 is 4.90 Å². The number of carbonyl (C=O) groups is 2. The molecule has 4 nitrogen and oxygen atoms in total. The van der Waals surface area contributed by atoms with Crippen molar-refractivity contribution in [2.24, 2.45) is 0 Å². The van der Waals surface area contributed by atoms with E-state index in [1.165, 1.54) is 4.90 Å². The largest absolute Gasteiger partial charge is 0.362 e. The van der Waals surface area contributed by atoms with Gasteiger partial charge >= 0.3 is 0 Å². The summed E-state index contributed by atoms with van der Waals surface area (Å²) in [5.74, 6) is -0.531. The molecule has 4 rings (SSSR count). The van der Waals surface area contributed by atoms with Gasteiger partial charge in [0.15, 0.2) is 0 Å². The molecule has 0 bridgehead atoms. The van der Waals surface area contributed by atoms with Crippen molar-refractivity contribution < 1.29 is 9.59 Å². The van der Waals surface area contributed by atoms with Gasteiger partial charge in [-0.05, 0) is 74.6 Å². The molecule has 1 heterocycles. The normalized spacial score (nSPS) is 13.8. The summed E-state index contributed by atoms with van der Waals surface area (Å²) in [5.41, 5.74) is 7.62. The average molecular weight is 439 g/mol. The van der Waals surface area contributed by atoms with Crippen molar-refractivity contribution in [3.8, 4) is 0 Å².